The first-order chi connectivity index (χ1) is 14.1. The van der Waals surface area contributed by atoms with Crippen LogP contribution in [0.3, 0.4) is 0 Å². The van der Waals surface area contributed by atoms with E-state index in [1.165, 1.54) is 20.0 Å². The van der Waals surface area contributed by atoms with Crippen molar-refractivity contribution < 1.29 is 14.3 Å². The summed E-state index contributed by atoms with van der Waals surface area (Å²) in [5.74, 6) is -0.0500. The van der Waals surface area contributed by atoms with Crippen LogP contribution in [0.1, 0.15) is 43.7 Å². The highest BCUT2D eigenvalue weighted by Gasteiger charge is 2.27. The Bertz CT molecular complexity index is 1040. The maximum absolute atomic E-state index is 14.0. The van der Waals surface area contributed by atoms with Gasteiger partial charge in [0, 0.05) is 35.8 Å². The summed E-state index contributed by atoms with van der Waals surface area (Å²) < 4.78 is 15.6. The van der Waals surface area contributed by atoms with Gasteiger partial charge in [0.2, 0.25) is 0 Å². The molecular weight excluding hydrogens is 387 g/mol. The van der Waals surface area contributed by atoms with Crippen molar-refractivity contribution in [2.75, 3.05) is 11.9 Å². The Morgan fingerprint density at radius 1 is 1.27 bits per heavy atom. The van der Waals surface area contributed by atoms with Crippen molar-refractivity contribution in [2.45, 2.75) is 52.4 Å². The van der Waals surface area contributed by atoms with E-state index in [0.717, 1.165) is 11.3 Å². The number of pyridine rings is 1. The highest BCUT2D eigenvalue weighted by Crippen LogP contribution is 2.23. The number of fused-ring (bicyclic) bond motifs is 1. The minimum Gasteiger partial charge on any atom is -0.387 e. The van der Waals surface area contributed by atoms with Crippen molar-refractivity contribution in [3.05, 3.63) is 41.9 Å². The van der Waals surface area contributed by atoms with Crippen LogP contribution in [0.15, 0.2) is 30.6 Å². The van der Waals surface area contributed by atoms with Crippen molar-refractivity contribution in [3.63, 3.8) is 0 Å². The molecule has 0 aromatic carbocycles. The van der Waals surface area contributed by atoms with Crippen LogP contribution in [0.2, 0.25) is 0 Å². The first-order valence-corrected chi connectivity index (χ1v) is 9.79. The summed E-state index contributed by atoms with van der Waals surface area (Å²) in [5.41, 5.74) is 1.65. The number of hydrogen-bond donors (Lipinski definition) is 3. The molecule has 0 saturated heterocycles. The quantitative estimate of drug-likeness (QED) is 0.549. The van der Waals surface area contributed by atoms with E-state index in [1.54, 1.807) is 10.7 Å². The van der Waals surface area contributed by atoms with E-state index in [4.69, 9.17) is 0 Å². The summed E-state index contributed by atoms with van der Waals surface area (Å²) in [6.45, 7) is 8.18. The van der Waals surface area contributed by atoms with E-state index in [9.17, 15) is 14.3 Å². The predicted molar refractivity (Wildman–Crippen MR) is 113 cm³/mol. The largest absolute Gasteiger partial charge is 0.387 e. The molecule has 1 unspecified atom stereocenters. The fraction of sp³-hybridized carbons (Fsp3) is 0.429. The van der Waals surface area contributed by atoms with Crippen LogP contribution in [0, 0.1) is 6.92 Å². The number of carbonyl (C=O) groups excluding carboxylic acids is 1. The molecule has 1 atom stereocenters. The third-order valence-corrected chi connectivity index (χ3v) is 4.57. The van der Waals surface area contributed by atoms with Gasteiger partial charge >= 0.3 is 0 Å². The molecule has 3 rings (SSSR count). The van der Waals surface area contributed by atoms with Gasteiger partial charge in [0.05, 0.1) is 17.8 Å². The number of halogens is 1. The summed E-state index contributed by atoms with van der Waals surface area (Å²) in [7, 11) is 0. The van der Waals surface area contributed by atoms with Crippen LogP contribution in [0.5, 0.6) is 0 Å². The second kappa shape index (κ2) is 8.35. The molecule has 30 heavy (non-hydrogen) atoms. The lowest BCUT2D eigenvalue weighted by Crippen LogP contribution is -2.42. The standard InChI is InChI=1S/C21H27FN6O2/c1-12(2)26-19-15(20(29)25-11-17(22)21(4,5)30)10-24-18-8-16(27-28(18)19)14-7-6-13(3)23-9-14/h6-10,12,17,26,30H,11H2,1-5H3,(H,25,29). The third kappa shape index (κ3) is 4.73. The summed E-state index contributed by atoms with van der Waals surface area (Å²) in [5, 5.41) is 20.1. The maximum Gasteiger partial charge on any atom is 0.256 e. The molecule has 0 aliphatic heterocycles. The number of aliphatic hydroxyl groups is 1. The number of alkyl halides is 1. The molecule has 0 fully saturated rings. The van der Waals surface area contributed by atoms with Crippen molar-refractivity contribution >= 4 is 17.4 Å². The average Bonchev–Trinajstić information content (AvgIpc) is 3.10. The average molecular weight is 414 g/mol. The monoisotopic (exact) mass is 414 g/mol. The number of carbonyl (C=O) groups is 1. The maximum atomic E-state index is 14.0. The third-order valence-electron chi connectivity index (χ3n) is 4.57. The number of aromatic nitrogens is 4. The van der Waals surface area contributed by atoms with Crippen LogP contribution in [0.4, 0.5) is 10.2 Å². The first-order valence-electron chi connectivity index (χ1n) is 9.79. The van der Waals surface area contributed by atoms with E-state index in [-0.39, 0.29) is 18.2 Å². The van der Waals surface area contributed by atoms with E-state index in [2.05, 4.69) is 25.7 Å². The second-order valence-electron chi connectivity index (χ2n) is 8.14. The van der Waals surface area contributed by atoms with E-state index in [1.807, 2.05) is 39.0 Å². The second-order valence-corrected chi connectivity index (χ2v) is 8.14. The van der Waals surface area contributed by atoms with Gasteiger partial charge in [-0.05, 0) is 46.8 Å². The van der Waals surface area contributed by atoms with Gasteiger partial charge in [-0.3, -0.25) is 9.78 Å². The van der Waals surface area contributed by atoms with Crippen LogP contribution in [-0.2, 0) is 0 Å². The van der Waals surface area contributed by atoms with Gasteiger partial charge < -0.3 is 15.7 Å². The molecule has 0 saturated carbocycles. The van der Waals surface area contributed by atoms with Crippen molar-refractivity contribution in [3.8, 4) is 11.3 Å². The normalized spacial score (nSPS) is 12.9. The number of nitrogens with zero attached hydrogens (tertiary/aromatic N) is 4. The molecule has 160 valence electrons. The zero-order valence-corrected chi connectivity index (χ0v) is 17.8. The summed E-state index contributed by atoms with van der Waals surface area (Å²) in [6, 6.07) is 5.65. The van der Waals surface area contributed by atoms with Crippen molar-refractivity contribution in [1.29, 1.82) is 0 Å². The number of anilines is 1. The molecule has 0 aliphatic carbocycles. The lowest BCUT2D eigenvalue weighted by atomic mass is 10.0. The van der Waals surface area contributed by atoms with E-state index in [0.29, 0.717) is 17.2 Å². The minimum atomic E-state index is -1.61. The molecule has 9 heteroatoms. The van der Waals surface area contributed by atoms with Gasteiger partial charge in [-0.1, -0.05) is 0 Å². The molecule has 3 aromatic rings. The zero-order valence-electron chi connectivity index (χ0n) is 17.8. The number of amides is 1. The van der Waals surface area contributed by atoms with Crippen LogP contribution >= 0.6 is 0 Å². The molecule has 0 aliphatic rings. The Labute approximate surface area is 174 Å². The SMILES string of the molecule is Cc1ccc(-c2cc3ncc(C(=O)NCC(F)C(C)(C)O)c(NC(C)C)n3n2)cn1. The highest BCUT2D eigenvalue weighted by molar-refractivity contribution is 5.99. The topological polar surface area (TPSA) is 104 Å². The van der Waals surface area contributed by atoms with Crippen molar-refractivity contribution in [1.82, 2.24) is 24.9 Å². The molecular formula is C21H27FN6O2. The summed E-state index contributed by atoms with van der Waals surface area (Å²) in [4.78, 5) is 21.4. The van der Waals surface area contributed by atoms with Crippen molar-refractivity contribution in [2.24, 2.45) is 0 Å². The molecule has 0 spiro atoms. The van der Waals surface area contributed by atoms with Crippen LogP contribution in [-0.4, -0.2) is 55.0 Å². The first kappa shape index (κ1) is 21.6. The Morgan fingerprint density at radius 3 is 2.60 bits per heavy atom. The molecule has 1 amide bonds. The molecule has 3 heterocycles. The summed E-state index contributed by atoms with van der Waals surface area (Å²) >= 11 is 0. The zero-order chi connectivity index (χ0) is 22.1. The smallest absolute Gasteiger partial charge is 0.256 e. The lowest BCUT2D eigenvalue weighted by molar-refractivity contribution is -0.00177. The molecule has 8 nitrogen and oxygen atoms in total. The van der Waals surface area contributed by atoms with Crippen LogP contribution < -0.4 is 10.6 Å². The van der Waals surface area contributed by atoms with Gasteiger partial charge in [-0.15, -0.1) is 0 Å². The van der Waals surface area contributed by atoms with Gasteiger partial charge in [-0.25, -0.2) is 9.37 Å². The Balaban J connectivity index is 1.98. The highest BCUT2D eigenvalue weighted by atomic mass is 19.1. The minimum absolute atomic E-state index is 0.0149. The van der Waals surface area contributed by atoms with Gasteiger partial charge in [0.1, 0.15) is 17.6 Å². The fourth-order valence-electron chi connectivity index (χ4n) is 2.80. The number of nitrogens with one attached hydrogen (secondary N) is 2. The van der Waals surface area contributed by atoms with Gasteiger partial charge in [0.25, 0.3) is 5.91 Å². The van der Waals surface area contributed by atoms with E-state index < -0.39 is 17.7 Å². The number of hydrogen-bond acceptors (Lipinski definition) is 6. The molecule has 0 radical (unpaired) electrons. The number of aryl methyl sites for hydroxylation is 1. The number of rotatable bonds is 7. The molecule has 3 N–H and O–H groups in total. The Morgan fingerprint density at radius 2 is 2.00 bits per heavy atom. The molecule has 0 bridgehead atoms. The fourth-order valence-corrected chi connectivity index (χ4v) is 2.80. The van der Waals surface area contributed by atoms with E-state index >= 15 is 0 Å². The Hall–Kier alpha value is -3.07. The van der Waals surface area contributed by atoms with Crippen LogP contribution in [0.25, 0.3) is 16.9 Å². The Kier molecular flexibility index (Phi) is 6.02. The lowest BCUT2D eigenvalue weighted by Gasteiger charge is -2.22. The van der Waals surface area contributed by atoms with Gasteiger partial charge in [-0.2, -0.15) is 9.61 Å². The predicted octanol–water partition coefficient (Wildman–Crippen LogP) is 2.76. The summed E-state index contributed by atoms with van der Waals surface area (Å²) in [6.07, 6.45) is 1.56. The molecule has 3 aromatic heterocycles. The van der Waals surface area contributed by atoms with Gasteiger partial charge in [0.15, 0.2) is 5.65 Å².